The molecule has 2 heterocycles. The second kappa shape index (κ2) is 7.65. The van der Waals surface area contributed by atoms with Gasteiger partial charge in [0.05, 0.1) is 18.0 Å². The number of halogens is 3. The number of guanidine groups is 1. The van der Waals surface area contributed by atoms with Gasteiger partial charge in [0.25, 0.3) is 0 Å². The second-order valence-electron chi connectivity index (χ2n) is 5.52. The lowest BCUT2D eigenvalue weighted by Crippen LogP contribution is -2.36. The standard InChI is InChI=1S/C16H14ClF2N5O.CH4/c17-11-2-1-9(14-12(18)5-22-6-13(14)19)10-7-24(4-3-8(10)11)16(25)23-15(20)21;/h1-2,5-6H,3-4,7H2,(H4,20,21,23,25);1H4. The van der Waals surface area contributed by atoms with Gasteiger partial charge in [-0.15, -0.1) is 0 Å². The van der Waals surface area contributed by atoms with Gasteiger partial charge in [0.2, 0.25) is 0 Å². The van der Waals surface area contributed by atoms with E-state index in [9.17, 15) is 13.6 Å². The van der Waals surface area contributed by atoms with Gasteiger partial charge in [-0.25, -0.2) is 13.6 Å². The minimum absolute atomic E-state index is 0. The first-order valence-corrected chi connectivity index (χ1v) is 7.74. The Morgan fingerprint density at radius 1 is 1.19 bits per heavy atom. The lowest BCUT2D eigenvalue weighted by atomic mass is 9.91. The van der Waals surface area contributed by atoms with Crippen LogP contribution in [0.3, 0.4) is 0 Å². The number of hydrogen-bond donors (Lipinski definition) is 2. The summed E-state index contributed by atoms with van der Waals surface area (Å²) in [4.78, 5) is 20.5. The van der Waals surface area contributed by atoms with E-state index in [1.54, 1.807) is 6.07 Å². The van der Waals surface area contributed by atoms with E-state index in [2.05, 4.69) is 9.98 Å². The van der Waals surface area contributed by atoms with Crippen LogP contribution in [-0.2, 0) is 13.0 Å². The van der Waals surface area contributed by atoms with Gasteiger partial charge in [-0.2, -0.15) is 4.99 Å². The maximum atomic E-state index is 14.2. The number of urea groups is 1. The minimum Gasteiger partial charge on any atom is -0.370 e. The molecule has 0 fully saturated rings. The van der Waals surface area contributed by atoms with Crippen molar-refractivity contribution in [2.75, 3.05) is 6.54 Å². The number of carbonyl (C=O) groups excluding carboxylic acids is 1. The van der Waals surface area contributed by atoms with Gasteiger partial charge < -0.3 is 16.4 Å². The van der Waals surface area contributed by atoms with Crippen LogP contribution in [0.2, 0.25) is 5.02 Å². The van der Waals surface area contributed by atoms with E-state index in [1.807, 2.05) is 0 Å². The van der Waals surface area contributed by atoms with Gasteiger partial charge in [-0.1, -0.05) is 25.1 Å². The Balaban J connectivity index is 0.00000243. The maximum Gasteiger partial charge on any atom is 0.347 e. The second-order valence-corrected chi connectivity index (χ2v) is 5.93. The lowest BCUT2D eigenvalue weighted by Gasteiger charge is -2.30. The highest BCUT2D eigenvalue weighted by atomic mass is 35.5. The fourth-order valence-electron chi connectivity index (χ4n) is 2.88. The summed E-state index contributed by atoms with van der Waals surface area (Å²) in [5.74, 6) is -1.94. The van der Waals surface area contributed by atoms with E-state index in [4.69, 9.17) is 23.1 Å². The molecule has 4 N–H and O–H groups in total. The molecule has 0 radical (unpaired) electrons. The molecular formula is C17H18ClF2N5O. The highest BCUT2D eigenvalue weighted by Crippen LogP contribution is 2.36. The SMILES string of the molecule is C.NC(N)=NC(=O)N1CCc2c(Cl)ccc(-c3c(F)cncc3F)c2C1. The van der Waals surface area contributed by atoms with Gasteiger partial charge in [0.1, 0.15) is 0 Å². The van der Waals surface area contributed by atoms with Crippen LogP contribution in [0.4, 0.5) is 13.6 Å². The largest absolute Gasteiger partial charge is 0.370 e. The Labute approximate surface area is 154 Å². The van der Waals surface area contributed by atoms with E-state index in [0.29, 0.717) is 29.1 Å². The summed E-state index contributed by atoms with van der Waals surface area (Å²) in [6, 6.07) is 2.49. The number of carbonyl (C=O) groups is 1. The number of nitrogens with zero attached hydrogens (tertiary/aromatic N) is 3. The van der Waals surface area contributed by atoms with Crippen LogP contribution in [0.1, 0.15) is 18.6 Å². The third kappa shape index (κ3) is 3.60. The monoisotopic (exact) mass is 381 g/mol. The number of aliphatic imine (C=N–C) groups is 1. The molecule has 26 heavy (non-hydrogen) atoms. The molecule has 6 nitrogen and oxygen atoms in total. The predicted molar refractivity (Wildman–Crippen MR) is 96.6 cm³/mol. The first-order chi connectivity index (χ1) is 11.9. The van der Waals surface area contributed by atoms with Crippen molar-refractivity contribution in [2.45, 2.75) is 20.4 Å². The molecule has 1 aromatic heterocycles. The number of benzene rings is 1. The summed E-state index contributed by atoms with van der Waals surface area (Å²) in [7, 11) is 0. The number of pyridine rings is 1. The first-order valence-electron chi connectivity index (χ1n) is 7.36. The minimum atomic E-state index is -0.794. The van der Waals surface area contributed by atoms with Crippen molar-refractivity contribution in [1.29, 1.82) is 0 Å². The summed E-state index contributed by atoms with van der Waals surface area (Å²) in [5.41, 5.74) is 11.9. The van der Waals surface area contributed by atoms with Crippen molar-refractivity contribution in [1.82, 2.24) is 9.88 Å². The first kappa shape index (κ1) is 19.6. The lowest BCUT2D eigenvalue weighted by molar-refractivity contribution is 0.203. The van der Waals surface area contributed by atoms with Crippen molar-refractivity contribution in [3.8, 4) is 11.1 Å². The van der Waals surface area contributed by atoms with Crippen LogP contribution < -0.4 is 11.5 Å². The van der Waals surface area contributed by atoms with Crippen LogP contribution in [0.25, 0.3) is 11.1 Å². The summed E-state index contributed by atoms with van der Waals surface area (Å²) in [6.07, 6.45) is 2.29. The van der Waals surface area contributed by atoms with E-state index in [-0.39, 0.29) is 25.5 Å². The molecule has 0 aliphatic carbocycles. The molecule has 0 saturated carbocycles. The fraction of sp³-hybridized carbons (Fsp3) is 0.235. The van der Waals surface area contributed by atoms with Gasteiger partial charge in [-0.05, 0) is 29.2 Å². The highest BCUT2D eigenvalue weighted by molar-refractivity contribution is 6.31. The van der Waals surface area contributed by atoms with Gasteiger partial charge in [0.15, 0.2) is 17.6 Å². The van der Waals surface area contributed by atoms with E-state index in [1.165, 1.54) is 11.0 Å². The Morgan fingerprint density at radius 2 is 1.85 bits per heavy atom. The molecule has 2 aromatic rings. The summed E-state index contributed by atoms with van der Waals surface area (Å²) in [6.45, 7) is 0.426. The number of aromatic nitrogens is 1. The molecule has 0 unspecified atom stereocenters. The van der Waals surface area contributed by atoms with Crippen LogP contribution in [0.5, 0.6) is 0 Å². The Kier molecular flexibility index (Phi) is 5.76. The molecule has 1 aliphatic heterocycles. The summed E-state index contributed by atoms with van der Waals surface area (Å²) < 4.78 is 28.3. The number of fused-ring (bicyclic) bond motifs is 1. The molecular weight excluding hydrogens is 364 g/mol. The van der Waals surface area contributed by atoms with Crippen molar-refractivity contribution < 1.29 is 13.6 Å². The van der Waals surface area contributed by atoms with Gasteiger partial charge in [-0.3, -0.25) is 4.98 Å². The Bertz CT molecular complexity index is 863. The zero-order chi connectivity index (χ0) is 18.1. The topological polar surface area (TPSA) is 97.6 Å². The molecule has 9 heteroatoms. The quantitative estimate of drug-likeness (QED) is 0.586. The van der Waals surface area contributed by atoms with Crippen molar-refractivity contribution >= 4 is 23.6 Å². The molecule has 1 aromatic carbocycles. The van der Waals surface area contributed by atoms with E-state index in [0.717, 1.165) is 18.0 Å². The smallest absolute Gasteiger partial charge is 0.347 e. The number of nitrogens with two attached hydrogens (primary N) is 2. The Morgan fingerprint density at radius 3 is 2.46 bits per heavy atom. The zero-order valence-electron chi connectivity index (χ0n) is 13.0. The average molecular weight is 382 g/mol. The summed E-state index contributed by atoms with van der Waals surface area (Å²) in [5, 5.41) is 0.475. The molecule has 1 aliphatic rings. The average Bonchev–Trinajstić information content (AvgIpc) is 2.55. The third-order valence-electron chi connectivity index (χ3n) is 3.97. The van der Waals surface area contributed by atoms with Crippen molar-refractivity contribution in [3.63, 3.8) is 0 Å². The molecule has 0 bridgehead atoms. The molecule has 0 spiro atoms. The zero-order valence-corrected chi connectivity index (χ0v) is 13.7. The number of hydrogen-bond acceptors (Lipinski definition) is 2. The molecule has 0 saturated heterocycles. The van der Waals surface area contributed by atoms with Crippen LogP contribution in [0.15, 0.2) is 29.5 Å². The molecule has 138 valence electrons. The van der Waals surface area contributed by atoms with Crippen molar-refractivity contribution in [2.24, 2.45) is 16.5 Å². The van der Waals surface area contributed by atoms with Crippen LogP contribution >= 0.6 is 11.6 Å². The van der Waals surface area contributed by atoms with Gasteiger partial charge >= 0.3 is 6.03 Å². The molecule has 0 atom stereocenters. The number of amides is 2. The normalized spacial score (nSPS) is 12.8. The maximum absolute atomic E-state index is 14.2. The van der Waals surface area contributed by atoms with Crippen LogP contribution in [-0.4, -0.2) is 28.4 Å². The Hall–Kier alpha value is -2.74. The number of rotatable bonds is 1. The van der Waals surface area contributed by atoms with E-state index >= 15 is 0 Å². The highest BCUT2D eigenvalue weighted by Gasteiger charge is 2.27. The van der Waals surface area contributed by atoms with E-state index < -0.39 is 17.7 Å². The van der Waals surface area contributed by atoms with Crippen LogP contribution in [0, 0.1) is 11.6 Å². The van der Waals surface area contributed by atoms with Crippen molar-refractivity contribution in [3.05, 3.63) is 52.3 Å². The predicted octanol–water partition coefficient (Wildman–Crippen LogP) is 3.07. The summed E-state index contributed by atoms with van der Waals surface area (Å²) >= 11 is 6.22. The molecule has 3 rings (SSSR count). The fourth-order valence-corrected chi connectivity index (χ4v) is 3.15. The van der Waals surface area contributed by atoms with Gasteiger partial charge in [0, 0.05) is 18.1 Å². The molecule has 2 amide bonds. The third-order valence-corrected chi connectivity index (χ3v) is 4.33.